The molecule has 1 heterocycles. The molecule has 1 saturated heterocycles. The molecule has 1 aliphatic heterocycles. The Morgan fingerprint density at radius 3 is 2.12 bits per heavy atom. The van der Waals surface area contributed by atoms with Gasteiger partial charge >= 0.3 is 0 Å². The van der Waals surface area contributed by atoms with Crippen LogP contribution in [0.15, 0.2) is 29.2 Å². The molecule has 1 aliphatic rings. The van der Waals surface area contributed by atoms with Crippen molar-refractivity contribution in [3.8, 4) is 0 Å². The number of hydrogen-bond donors (Lipinski definition) is 2. The number of nitrogens with one attached hydrogen (secondary N) is 2. The van der Waals surface area contributed by atoms with Crippen molar-refractivity contribution in [2.24, 2.45) is 0 Å². The zero-order valence-electron chi connectivity index (χ0n) is 12.2. The molecule has 7 nitrogen and oxygen atoms in total. The lowest BCUT2D eigenvalue weighted by Gasteiger charge is -2.22. The summed E-state index contributed by atoms with van der Waals surface area (Å²) in [5, 5.41) is 2.59. The van der Waals surface area contributed by atoms with Gasteiger partial charge in [-0.3, -0.25) is 4.79 Å². The number of sulfonamides is 1. The van der Waals surface area contributed by atoms with Gasteiger partial charge in [0, 0.05) is 5.02 Å². The lowest BCUT2D eigenvalue weighted by Crippen LogP contribution is -2.53. The molecule has 1 aromatic carbocycles. The largest absolute Gasteiger partial charge is 0.347 e. The highest BCUT2D eigenvalue weighted by molar-refractivity contribution is 7.92. The van der Waals surface area contributed by atoms with Gasteiger partial charge in [-0.15, -0.1) is 0 Å². The van der Waals surface area contributed by atoms with Crippen LogP contribution < -0.4 is 10.0 Å². The maximum atomic E-state index is 12.4. The fourth-order valence-electron chi connectivity index (χ4n) is 2.24. The van der Waals surface area contributed by atoms with Crippen molar-refractivity contribution in [2.75, 3.05) is 11.5 Å². The first-order valence-corrected chi connectivity index (χ1v) is 11.5. The van der Waals surface area contributed by atoms with Crippen LogP contribution in [0.3, 0.4) is 0 Å². The van der Waals surface area contributed by atoms with E-state index in [1.807, 2.05) is 0 Å². The van der Waals surface area contributed by atoms with Crippen molar-refractivity contribution in [1.82, 2.24) is 10.0 Å². The number of amides is 1. The Kier molecular flexibility index (Phi) is 6.20. The van der Waals surface area contributed by atoms with E-state index in [0.29, 0.717) is 5.02 Å². The molecule has 2 atom stereocenters. The number of sulfone groups is 1. The van der Waals surface area contributed by atoms with Crippen LogP contribution in [0.2, 0.25) is 5.02 Å². The molecular weight excluding hydrogens is 458 g/mol. The fourth-order valence-corrected chi connectivity index (χ4v) is 5.77. The number of rotatable bonds is 4. The van der Waals surface area contributed by atoms with Crippen molar-refractivity contribution in [1.29, 1.82) is 0 Å². The van der Waals surface area contributed by atoms with Gasteiger partial charge in [-0.2, -0.15) is 0 Å². The zero-order chi connectivity index (χ0) is 19.0. The minimum atomic E-state index is -4.04. The summed E-state index contributed by atoms with van der Waals surface area (Å²) in [6.07, 6.45) is 0. The highest BCUT2D eigenvalue weighted by Gasteiger charge is 2.43. The maximum Gasteiger partial charge on any atom is 0.272 e. The normalized spacial score (nSPS) is 23.4. The van der Waals surface area contributed by atoms with Gasteiger partial charge < -0.3 is 5.32 Å². The average Bonchev–Trinajstić information content (AvgIpc) is 2.71. The van der Waals surface area contributed by atoms with Gasteiger partial charge in [0.25, 0.3) is 9.70 Å². The minimum Gasteiger partial charge on any atom is -0.347 e. The van der Waals surface area contributed by atoms with Crippen molar-refractivity contribution < 1.29 is 21.6 Å². The number of hydrogen-bond acceptors (Lipinski definition) is 5. The van der Waals surface area contributed by atoms with Crippen LogP contribution in [0.5, 0.6) is 0 Å². The molecule has 140 valence electrons. The van der Waals surface area contributed by atoms with Gasteiger partial charge in [-0.05, 0) is 24.3 Å². The first kappa shape index (κ1) is 21.0. The number of carbonyl (C=O) groups excluding carboxylic acids is 1. The molecule has 0 aromatic heterocycles. The van der Waals surface area contributed by atoms with Crippen molar-refractivity contribution in [3.63, 3.8) is 0 Å². The smallest absolute Gasteiger partial charge is 0.272 e. The van der Waals surface area contributed by atoms with Crippen molar-refractivity contribution in [2.45, 2.75) is 20.8 Å². The van der Waals surface area contributed by atoms with Gasteiger partial charge in [-0.25, -0.2) is 21.6 Å². The Bertz CT molecular complexity index is 866. The molecule has 0 aliphatic carbocycles. The van der Waals surface area contributed by atoms with Crippen LogP contribution in [-0.4, -0.2) is 50.1 Å². The summed E-state index contributed by atoms with van der Waals surface area (Å²) < 4.78 is 48.5. The van der Waals surface area contributed by atoms with E-state index in [9.17, 15) is 21.6 Å². The van der Waals surface area contributed by atoms with E-state index in [0.717, 1.165) is 0 Å². The summed E-state index contributed by atoms with van der Waals surface area (Å²) >= 11 is 22.0. The second kappa shape index (κ2) is 7.38. The zero-order valence-corrected chi connectivity index (χ0v) is 16.9. The molecule has 0 bridgehead atoms. The van der Waals surface area contributed by atoms with Crippen LogP contribution >= 0.6 is 46.4 Å². The maximum absolute atomic E-state index is 12.4. The van der Waals surface area contributed by atoms with Crippen LogP contribution in [0, 0.1) is 0 Å². The molecule has 13 heteroatoms. The topological polar surface area (TPSA) is 109 Å². The van der Waals surface area contributed by atoms with E-state index in [2.05, 4.69) is 10.0 Å². The van der Waals surface area contributed by atoms with Crippen LogP contribution in [-0.2, 0) is 24.7 Å². The monoisotopic (exact) mass is 468 g/mol. The SMILES string of the molecule is O=C(N[C@@H]1CS(=O)(=O)C[C@@H]1NS(=O)(=O)c1ccc(Cl)cc1)C(Cl)(Cl)Cl. The summed E-state index contributed by atoms with van der Waals surface area (Å²) in [4.78, 5) is 11.7. The third-order valence-electron chi connectivity index (χ3n) is 3.36. The lowest BCUT2D eigenvalue weighted by molar-refractivity contribution is -0.120. The molecule has 1 fully saturated rings. The van der Waals surface area contributed by atoms with Gasteiger partial charge in [0.15, 0.2) is 9.84 Å². The molecule has 2 N–H and O–H groups in total. The molecule has 1 aromatic rings. The Labute approximate surface area is 164 Å². The van der Waals surface area contributed by atoms with Crippen molar-refractivity contribution >= 4 is 72.2 Å². The number of carbonyl (C=O) groups is 1. The molecule has 0 unspecified atom stereocenters. The van der Waals surface area contributed by atoms with Gasteiger partial charge in [0.2, 0.25) is 10.0 Å². The van der Waals surface area contributed by atoms with E-state index in [-0.39, 0.29) is 4.90 Å². The second-order valence-corrected chi connectivity index (χ2v) is 11.9. The molecule has 2 rings (SSSR count). The Morgan fingerprint density at radius 1 is 1.08 bits per heavy atom. The summed E-state index contributed by atoms with van der Waals surface area (Å²) in [5.74, 6) is -2.02. The van der Waals surface area contributed by atoms with E-state index in [1.54, 1.807) is 0 Å². The molecule has 0 spiro atoms. The Balaban J connectivity index is 2.23. The van der Waals surface area contributed by atoms with Crippen molar-refractivity contribution in [3.05, 3.63) is 29.3 Å². The van der Waals surface area contributed by atoms with Gasteiger partial charge in [-0.1, -0.05) is 46.4 Å². The first-order chi connectivity index (χ1) is 11.3. The van der Waals surface area contributed by atoms with Crippen LogP contribution in [0.25, 0.3) is 0 Å². The molecule has 1 amide bonds. The van der Waals surface area contributed by atoms with Crippen LogP contribution in [0.4, 0.5) is 0 Å². The van der Waals surface area contributed by atoms with Gasteiger partial charge in [0.05, 0.1) is 28.5 Å². The summed E-state index contributed by atoms with van der Waals surface area (Å²) in [7, 11) is -7.63. The standard InChI is InChI=1S/C12H12Cl4N2O5S2/c13-7-1-3-8(4-2-7)25(22,23)18-10-6-24(20,21)5-9(10)17-11(19)12(14,15)16/h1-4,9-10,18H,5-6H2,(H,17,19)/t9-,10+/m1/s1. The fraction of sp³-hybridized carbons (Fsp3) is 0.417. The first-order valence-electron chi connectivity index (χ1n) is 6.66. The molecular formula is C12H12Cl4N2O5S2. The predicted molar refractivity (Wildman–Crippen MR) is 96.4 cm³/mol. The molecule has 0 saturated carbocycles. The lowest BCUT2D eigenvalue weighted by atomic mass is 10.2. The number of benzene rings is 1. The van der Waals surface area contributed by atoms with E-state index >= 15 is 0 Å². The summed E-state index contributed by atoms with van der Waals surface area (Å²) in [6.45, 7) is 0. The van der Waals surface area contributed by atoms with Gasteiger partial charge in [0.1, 0.15) is 0 Å². The quantitative estimate of drug-likeness (QED) is 0.645. The summed E-state index contributed by atoms with van der Waals surface area (Å²) in [5.41, 5.74) is 0. The third-order valence-corrected chi connectivity index (χ3v) is 7.36. The highest BCUT2D eigenvalue weighted by Crippen LogP contribution is 2.27. The van der Waals surface area contributed by atoms with E-state index in [4.69, 9.17) is 46.4 Å². The molecule has 25 heavy (non-hydrogen) atoms. The number of halogens is 4. The van der Waals surface area contributed by atoms with Crippen LogP contribution in [0.1, 0.15) is 0 Å². The highest BCUT2D eigenvalue weighted by atomic mass is 35.6. The van der Waals surface area contributed by atoms with E-state index < -0.39 is 53.1 Å². The van der Waals surface area contributed by atoms with E-state index in [1.165, 1.54) is 24.3 Å². The Hall–Kier alpha value is -0.290. The molecule has 0 radical (unpaired) electrons. The Morgan fingerprint density at radius 2 is 1.60 bits per heavy atom. The second-order valence-electron chi connectivity index (χ2n) is 5.34. The third kappa shape index (κ3) is 5.59. The number of alkyl halides is 3. The average molecular weight is 470 g/mol. The predicted octanol–water partition coefficient (Wildman–Crippen LogP) is 1.27. The summed E-state index contributed by atoms with van der Waals surface area (Å²) in [6, 6.07) is 3.11. The minimum absolute atomic E-state index is 0.104.